The zero-order valence-electron chi connectivity index (χ0n) is 10.5. The predicted octanol–water partition coefficient (Wildman–Crippen LogP) is 3.32. The molecule has 0 saturated heterocycles. The van der Waals surface area contributed by atoms with Crippen molar-refractivity contribution in [2.75, 3.05) is 7.11 Å². The van der Waals surface area contributed by atoms with E-state index in [1.807, 2.05) is 13.8 Å². The summed E-state index contributed by atoms with van der Waals surface area (Å²) in [5.41, 5.74) is 0.764. The molecule has 15 heavy (non-hydrogen) atoms. The molecule has 1 atom stereocenters. The Balaban J connectivity index is 3.21. The van der Waals surface area contributed by atoms with Crippen LogP contribution in [0.4, 0.5) is 0 Å². The third-order valence-electron chi connectivity index (χ3n) is 4.19. The molecule has 0 spiro atoms. The van der Waals surface area contributed by atoms with Crippen LogP contribution in [0, 0.1) is 10.8 Å². The first-order chi connectivity index (χ1) is 6.90. The number of ether oxygens (including phenoxy) is 1. The summed E-state index contributed by atoms with van der Waals surface area (Å²) < 4.78 is 4.98. The topological polar surface area (TPSA) is 26.3 Å². The van der Waals surface area contributed by atoms with Crippen molar-refractivity contribution in [2.24, 2.45) is 10.8 Å². The molecule has 2 nitrogen and oxygen atoms in total. The van der Waals surface area contributed by atoms with Gasteiger partial charge in [-0.3, -0.25) is 4.79 Å². The van der Waals surface area contributed by atoms with Crippen LogP contribution in [-0.4, -0.2) is 13.1 Å². The molecule has 0 amide bonds. The van der Waals surface area contributed by atoms with Crippen LogP contribution >= 0.6 is 0 Å². The van der Waals surface area contributed by atoms with Gasteiger partial charge in [-0.05, 0) is 38.5 Å². The number of allylic oxidation sites excluding steroid dienone is 1. The first kappa shape index (κ1) is 12.3. The summed E-state index contributed by atoms with van der Waals surface area (Å²) in [4.78, 5) is 12.0. The van der Waals surface area contributed by atoms with Gasteiger partial charge in [0.25, 0.3) is 0 Å². The van der Waals surface area contributed by atoms with E-state index in [-0.39, 0.29) is 11.4 Å². The van der Waals surface area contributed by atoms with Crippen LogP contribution in [0.15, 0.2) is 11.6 Å². The Kier molecular flexibility index (Phi) is 3.27. The van der Waals surface area contributed by atoms with Crippen molar-refractivity contribution < 1.29 is 9.53 Å². The molecule has 0 bridgehead atoms. The van der Waals surface area contributed by atoms with E-state index in [2.05, 4.69) is 19.9 Å². The minimum atomic E-state index is -0.450. The number of methoxy groups -OCH3 is 1. The SMILES string of the molecule is CC=C1CCCC(C)(C)C1(C)C(=O)OC. The Labute approximate surface area is 92.7 Å². The fourth-order valence-corrected chi connectivity index (χ4v) is 2.70. The van der Waals surface area contributed by atoms with E-state index in [9.17, 15) is 4.79 Å². The van der Waals surface area contributed by atoms with Gasteiger partial charge < -0.3 is 4.74 Å². The highest BCUT2D eigenvalue weighted by atomic mass is 16.5. The Morgan fingerprint density at radius 3 is 2.47 bits per heavy atom. The molecule has 0 aromatic rings. The molecule has 0 heterocycles. The monoisotopic (exact) mass is 210 g/mol. The van der Waals surface area contributed by atoms with Crippen LogP contribution in [0.2, 0.25) is 0 Å². The first-order valence-electron chi connectivity index (χ1n) is 5.64. The highest BCUT2D eigenvalue weighted by molar-refractivity contribution is 5.81. The van der Waals surface area contributed by atoms with Crippen molar-refractivity contribution in [1.29, 1.82) is 0 Å². The number of esters is 1. The second-order valence-electron chi connectivity index (χ2n) is 5.17. The smallest absolute Gasteiger partial charge is 0.316 e. The zero-order valence-corrected chi connectivity index (χ0v) is 10.5. The highest BCUT2D eigenvalue weighted by Gasteiger charge is 2.51. The Morgan fingerprint density at radius 2 is 2.00 bits per heavy atom. The molecule has 1 aliphatic rings. The summed E-state index contributed by atoms with van der Waals surface area (Å²) in [6, 6.07) is 0. The predicted molar refractivity (Wildman–Crippen MR) is 61.5 cm³/mol. The van der Waals surface area contributed by atoms with Crippen molar-refractivity contribution in [3.8, 4) is 0 Å². The zero-order chi connectivity index (χ0) is 11.7. The van der Waals surface area contributed by atoms with E-state index in [0.717, 1.165) is 12.8 Å². The quantitative estimate of drug-likeness (QED) is 0.490. The molecule has 0 aromatic carbocycles. The maximum atomic E-state index is 12.0. The van der Waals surface area contributed by atoms with E-state index in [4.69, 9.17) is 4.74 Å². The van der Waals surface area contributed by atoms with Crippen LogP contribution in [0.1, 0.15) is 47.0 Å². The van der Waals surface area contributed by atoms with E-state index >= 15 is 0 Å². The molecule has 2 heteroatoms. The van der Waals surface area contributed by atoms with Crippen molar-refractivity contribution >= 4 is 5.97 Å². The van der Waals surface area contributed by atoms with E-state index < -0.39 is 5.41 Å². The average Bonchev–Trinajstić information content (AvgIpc) is 2.20. The number of rotatable bonds is 1. The second kappa shape index (κ2) is 3.99. The third kappa shape index (κ3) is 1.70. The van der Waals surface area contributed by atoms with Crippen LogP contribution in [0.3, 0.4) is 0 Å². The summed E-state index contributed by atoms with van der Waals surface area (Å²) in [5, 5.41) is 0. The van der Waals surface area contributed by atoms with E-state index in [1.165, 1.54) is 19.1 Å². The third-order valence-corrected chi connectivity index (χ3v) is 4.19. The van der Waals surface area contributed by atoms with Gasteiger partial charge in [-0.15, -0.1) is 0 Å². The molecule has 0 radical (unpaired) electrons. The van der Waals surface area contributed by atoms with E-state index in [0.29, 0.717) is 0 Å². The summed E-state index contributed by atoms with van der Waals surface area (Å²) in [5.74, 6) is -0.0969. The summed E-state index contributed by atoms with van der Waals surface area (Å²) in [7, 11) is 1.48. The minimum Gasteiger partial charge on any atom is -0.468 e. The Bertz CT molecular complexity index is 289. The molecule has 1 fully saturated rings. The van der Waals surface area contributed by atoms with Crippen LogP contribution < -0.4 is 0 Å². The van der Waals surface area contributed by atoms with Gasteiger partial charge in [0.05, 0.1) is 12.5 Å². The molecule has 0 aliphatic heterocycles. The highest BCUT2D eigenvalue weighted by Crippen LogP contribution is 2.53. The maximum absolute atomic E-state index is 12.0. The largest absolute Gasteiger partial charge is 0.468 e. The normalized spacial score (nSPS) is 32.7. The second-order valence-corrected chi connectivity index (χ2v) is 5.17. The van der Waals surface area contributed by atoms with Gasteiger partial charge in [0.1, 0.15) is 0 Å². The number of hydrogen-bond donors (Lipinski definition) is 0. The lowest BCUT2D eigenvalue weighted by Gasteiger charge is -2.47. The van der Waals surface area contributed by atoms with Crippen molar-refractivity contribution in [3.63, 3.8) is 0 Å². The van der Waals surface area contributed by atoms with Gasteiger partial charge in [0, 0.05) is 0 Å². The molecular weight excluding hydrogens is 188 g/mol. The first-order valence-corrected chi connectivity index (χ1v) is 5.64. The molecule has 1 saturated carbocycles. The summed E-state index contributed by atoms with van der Waals surface area (Å²) >= 11 is 0. The molecule has 1 unspecified atom stereocenters. The lowest BCUT2D eigenvalue weighted by Crippen LogP contribution is -2.46. The van der Waals surface area contributed by atoms with Crippen LogP contribution in [0.5, 0.6) is 0 Å². The minimum absolute atomic E-state index is 0.0137. The van der Waals surface area contributed by atoms with Crippen LogP contribution in [0.25, 0.3) is 0 Å². The Morgan fingerprint density at radius 1 is 1.40 bits per heavy atom. The number of hydrogen-bond acceptors (Lipinski definition) is 2. The standard InChI is InChI=1S/C13H22O2/c1-6-10-8-7-9-12(2,3)13(10,4)11(14)15-5/h6H,7-9H2,1-5H3. The fraction of sp³-hybridized carbons (Fsp3) is 0.769. The van der Waals surface area contributed by atoms with Crippen molar-refractivity contribution in [2.45, 2.75) is 47.0 Å². The van der Waals surface area contributed by atoms with Gasteiger partial charge in [-0.1, -0.05) is 25.5 Å². The Hall–Kier alpha value is -0.790. The molecule has 0 aromatic heterocycles. The summed E-state index contributed by atoms with van der Waals surface area (Å²) in [6.45, 7) is 8.35. The summed E-state index contributed by atoms with van der Waals surface area (Å²) in [6.07, 6.45) is 5.35. The molecular formula is C13H22O2. The molecule has 1 rings (SSSR count). The molecule has 1 aliphatic carbocycles. The van der Waals surface area contributed by atoms with Crippen LogP contribution in [-0.2, 0) is 9.53 Å². The van der Waals surface area contributed by atoms with Gasteiger partial charge >= 0.3 is 5.97 Å². The van der Waals surface area contributed by atoms with Gasteiger partial charge in [-0.25, -0.2) is 0 Å². The lowest BCUT2D eigenvalue weighted by molar-refractivity contribution is -0.157. The molecule has 0 N–H and O–H groups in total. The van der Waals surface area contributed by atoms with Gasteiger partial charge in [0.2, 0.25) is 0 Å². The number of carbonyl (C=O) groups excluding carboxylic acids is 1. The van der Waals surface area contributed by atoms with E-state index in [1.54, 1.807) is 0 Å². The average molecular weight is 210 g/mol. The molecule has 86 valence electrons. The van der Waals surface area contributed by atoms with Gasteiger partial charge in [0.15, 0.2) is 0 Å². The fourth-order valence-electron chi connectivity index (χ4n) is 2.70. The van der Waals surface area contributed by atoms with Crippen molar-refractivity contribution in [3.05, 3.63) is 11.6 Å². The number of carbonyl (C=O) groups is 1. The maximum Gasteiger partial charge on any atom is 0.316 e. The van der Waals surface area contributed by atoms with Gasteiger partial charge in [-0.2, -0.15) is 0 Å². The van der Waals surface area contributed by atoms with Crippen molar-refractivity contribution in [1.82, 2.24) is 0 Å². The lowest BCUT2D eigenvalue weighted by atomic mass is 9.56.